The predicted octanol–water partition coefficient (Wildman–Crippen LogP) is 4.47. The lowest BCUT2D eigenvalue weighted by Gasteiger charge is -2.15. The monoisotopic (exact) mass is 416 g/mol. The molecule has 0 saturated carbocycles. The van der Waals surface area contributed by atoms with Crippen molar-refractivity contribution in [3.05, 3.63) is 63.9 Å². The predicted molar refractivity (Wildman–Crippen MR) is 105 cm³/mol. The Morgan fingerprint density at radius 1 is 1.12 bits per heavy atom. The Kier molecular flexibility index (Phi) is 6.12. The van der Waals surface area contributed by atoms with Crippen LogP contribution < -0.4 is 14.8 Å². The smallest absolute Gasteiger partial charge is 0.218 e. The molecule has 0 amide bonds. The van der Waals surface area contributed by atoms with E-state index >= 15 is 0 Å². The number of hydrogen-bond acceptors (Lipinski definition) is 5. The van der Waals surface area contributed by atoms with Gasteiger partial charge in [0.15, 0.2) is 11.5 Å². The minimum atomic E-state index is 0.489. The molecule has 2 aromatic carbocycles. The van der Waals surface area contributed by atoms with Crippen molar-refractivity contribution in [2.45, 2.75) is 27.0 Å². The van der Waals surface area contributed by atoms with E-state index in [4.69, 9.17) is 9.47 Å². The highest BCUT2D eigenvalue weighted by molar-refractivity contribution is 9.10. The van der Waals surface area contributed by atoms with Crippen molar-refractivity contribution in [3.63, 3.8) is 0 Å². The first-order valence-electron chi connectivity index (χ1n) is 8.38. The molecule has 3 aromatic rings. The Morgan fingerprint density at radius 2 is 1.88 bits per heavy atom. The summed E-state index contributed by atoms with van der Waals surface area (Å²) >= 11 is 3.61. The van der Waals surface area contributed by atoms with Gasteiger partial charge in [-0.25, -0.2) is 10.1 Å². The third-order valence-electron chi connectivity index (χ3n) is 3.79. The zero-order chi connectivity index (χ0) is 18.4. The summed E-state index contributed by atoms with van der Waals surface area (Å²) in [6, 6.07) is 12.2. The van der Waals surface area contributed by atoms with Crippen molar-refractivity contribution < 1.29 is 9.47 Å². The zero-order valence-corrected chi connectivity index (χ0v) is 16.3. The second-order valence-corrected chi connectivity index (χ2v) is 6.64. The highest BCUT2D eigenvalue weighted by Crippen LogP contribution is 2.34. The van der Waals surface area contributed by atoms with Crippen LogP contribution in [-0.2, 0) is 13.2 Å². The maximum atomic E-state index is 6.00. The quantitative estimate of drug-likeness (QED) is 0.566. The van der Waals surface area contributed by atoms with Crippen LogP contribution in [0.5, 0.6) is 11.5 Å². The summed E-state index contributed by atoms with van der Waals surface area (Å²) in [6.07, 6.45) is 1.46. The molecule has 0 unspecified atom stereocenters. The van der Waals surface area contributed by atoms with Crippen LogP contribution >= 0.6 is 15.9 Å². The largest absolute Gasteiger partial charge is 0.490 e. The number of nitrogens with zero attached hydrogens (tertiary/aromatic N) is 2. The third-order valence-corrected chi connectivity index (χ3v) is 4.53. The van der Waals surface area contributed by atoms with Gasteiger partial charge in [0.2, 0.25) is 5.95 Å². The molecule has 7 heteroatoms. The number of rotatable bonds is 8. The molecule has 0 radical (unpaired) electrons. The standard InChI is InChI=1S/C19H21BrN4O2/c1-3-25-17-8-15(10-21-19-22-12-23-24-19)16(20)9-18(17)26-11-14-6-4-13(2)5-7-14/h4-9,12H,3,10-11H2,1-2H3,(H2,21,22,23,24). The molecule has 6 nitrogen and oxygen atoms in total. The number of aromatic amines is 1. The average Bonchev–Trinajstić information content (AvgIpc) is 3.15. The van der Waals surface area contributed by atoms with Gasteiger partial charge in [-0.3, -0.25) is 0 Å². The Labute approximate surface area is 161 Å². The summed E-state index contributed by atoms with van der Waals surface area (Å²) in [4.78, 5) is 4.06. The fourth-order valence-corrected chi connectivity index (χ4v) is 2.87. The SMILES string of the molecule is CCOc1cc(CNc2ncn[nH]2)c(Br)cc1OCc1ccc(C)cc1. The first-order chi connectivity index (χ1) is 12.7. The molecule has 0 aliphatic heterocycles. The Bertz CT molecular complexity index is 836. The minimum Gasteiger partial charge on any atom is -0.490 e. The van der Waals surface area contributed by atoms with Crippen LogP contribution in [0.1, 0.15) is 23.6 Å². The van der Waals surface area contributed by atoms with E-state index in [0.717, 1.165) is 21.3 Å². The first kappa shape index (κ1) is 18.3. The molecule has 0 aliphatic rings. The fourth-order valence-electron chi connectivity index (χ4n) is 2.41. The molecule has 1 aromatic heterocycles. The Hall–Kier alpha value is -2.54. The van der Waals surface area contributed by atoms with Crippen molar-refractivity contribution in [1.29, 1.82) is 0 Å². The molecule has 26 heavy (non-hydrogen) atoms. The number of benzene rings is 2. The summed E-state index contributed by atoms with van der Waals surface area (Å²) in [5.74, 6) is 2.05. The normalized spacial score (nSPS) is 10.6. The summed E-state index contributed by atoms with van der Waals surface area (Å²) in [5, 5.41) is 9.78. The molecule has 0 saturated heterocycles. The van der Waals surface area contributed by atoms with Crippen LogP contribution in [0.25, 0.3) is 0 Å². The number of anilines is 1. The number of halogens is 1. The molecular formula is C19H21BrN4O2. The van der Waals surface area contributed by atoms with Gasteiger partial charge in [0.25, 0.3) is 0 Å². The lowest BCUT2D eigenvalue weighted by Crippen LogP contribution is -2.05. The van der Waals surface area contributed by atoms with Gasteiger partial charge in [-0.2, -0.15) is 5.10 Å². The number of aryl methyl sites for hydroxylation is 1. The summed E-state index contributed by atoms with van der Waals surface area (Å²) < 4.78 is 12.7. The van der Waals surface area contributed by atoms with Gasteiger partial charge in [0, 0.05) is 11.0 Å². The van der Waals surface area contributed by atoms with Gasteiger partial charge in [0.1, 0.15) is 12.9 Å². The van der Waals surface area contributed by atoms with Gasteiger partial charge in [-0.15, -0.1) is 0 Å². The maximum absolute atomic E-state index is 6.00. The average molecular weight is 417 g/mol. The number of H-pyrrole nitrogens is 1. The molecule has 1 heterocycles. The number of ether oxygens (including phenoxy) is 2. The highest BCUT2D eigenvalue weighted by atomic mass is 79.9. The molecule has 136 valence electrons. The van der Waals surface area contributed by atoms with Gasteiger partial charge in [0.05, 0.1) is 6.61 Å². The van der Waals surface area contributed by atoms with Crippen molar-refractivity contribution in [3.8, 4) is 11.5 Å². The van der Waals surface area contributed by atoms with E-state index in [0.29, 0.717) is 31.5 Å². The van der Waals surface area contributed by atoms with Crippen molar-refractivity contribution in [2.24, 2.45) is 0 Å². The Balaban J connectivity index is 1.73. The minimum absolute atomic E-state index is 0.489. The van der Waals surface area contributed by atoms with E-state index in [9.17, 15) is 0 Å². The van der Waals surface area contributed by atoms with Gasteiger partial charge in [-0.1, -0.05) is 45.8 Å². The summed E-state index contributed by atoms with van der Waals surface area (Å²) in [7, 11) is 0. The molecule has 3 rings (SSSR count). The van der Waals surface area contributed by atoms with Gasteiger partial charge < -0.3 is 14.8 Å². The highest BCUT2D eigenvalue weighted by Gasteiger charge is 2.12. The second-order valence-electron chi connectivity index (χ2n) is 5.79. The van der Waals surface area contributed by atoms with E-state index < -0.39 is 0 Å². The van der Waals surface area contributed by atoms with Crippen LogP contribution in [0.3, 0.4) is 0 Å². The van der Waals surface area contributed by atoms with Crippen LogP contribution in [0.4, 0.5) is 5.95 Å². The van der Waals surface area contributed by atoms with E-state index in [1.807, 2.05) is 19.1 Å². The van der Waals surface area contributed by atoms with E-state index in [-0.39, 0.29) is 0 Å². The number of hydrogen-bond donors (Lipinski definition) is 2. The van der Waals surface area contributed by atoms with Crippen LogP contribution in [-0.4, -0.2) is 21.8 Å². The van der Waals surface area contributed by atoms with Crippen LogP contribution in [0.2, 0.25) is 0 Å². The Morgan fingerprint density at radius 3 is 2.58 bits per heavy atom. The van der Waals surface area contributed by atoms with E-state index in [1.165, 1.54) is 11.9 Å². The number of aromatic nitrogens is 3. The van der Waals surface area contributed by atoms with Crippen molar-refractivity contribution in [1.82, 2.24) is 15.2 Å². The van der Waals surface area contributed by atoms with E-state index in [2.05, 4.69) is 67.6 Å². The topological polar surface area (TPSA) is 72.1 Å². The summed E-state index contributed by atoms with van der Waals surface area (Å²) in [6.45, 7) is 5.66. The molecule has 0 atom stereocenters. The summed E-state index contributed by atoms with van der Waals surface area (Å²) in [5.41, 5.74) is 3.38. The molecule has 0 spiro atoms. The van der Waals surface area contributed by atoms with Crippen LogP contribution in [0.15, 0.2) is 47.2 Å². The van der Waals surface area contributed by atoms with Crippen LogP contribution in [0, 0.1) is 6.92 Å². The fraction of sp³-hybridized carbons (Fsp3) is 0.263. The third kappa shape index (κ3) is 4.76. The van der Waals surface area contributed by atoms with Gasteiger partial charge in [-0.05, 0) is 37.1 Å². The lowest BCUT2D eigenvalue weighted by atomic mass is 10.1. The second kappa shape index (κ2) is 8.71. The molecule has 2 N–H and O–H groups in total. The maximum Gasteiger partial charge on any atom is 0.218 e. The zero-order valence-electron chi connectivity index (χ0n) is 14.8. The molecule has 0 aliphatic carbocycles. The number of nitrogens with one attached hydrogen (secondary N) is 2. The molecular weight excluding hydrogens is 396 g/mol. The van der Waals surface area contributed by atoms with E-state index in [1.54, 1.807) is 0 Å². The lowest BCUT2D eigenvalue weighted by molar-refractivity contribution is 0.269. The molecule has 0 bridgehead atoms. The van der Waals surface area contributed by atoms with Crippen molar-refractivity contribution in [2.75, 3.05) is 11.9 Å². The molecule has 0 fully saturated rings. The van der Waals surface area contributed by atoms with Crippen molar-refractivity contribution >= 4 is 21.9 Å². The first-order valence-corrected chi connectivity index (χ1v) is 9.18. The van der Waals surface area contributed by atoms with Gasteiger partial charge >= 0.3 is 0 Å².